The van der Waals surface area contributed by atoms with E-state index >= 15 is 0 Å². The van der Waals surface area contributed by atoms with Gasteiger partial charge in [-0.2, -0.15) is 0 Å². The van der Waals surface area contributed by atoms with E-state index in [0.717, 1.165) is 25.0 Å². The second kappa shape index (κ2) is 4.10. The van der Waals surface area contributed by atoms with Crippen molar-refractivity contribution in [3.63, 3.8) is 0 Å². The first-order valence-corrected chi connectivity index (χ1v) is 6.07. The molecule has 1 aromatic rings. The van der Waals surface area contributed by atoms with Crippen LogP contribution in [0.5, 0.6) is 5.75 Å². The highest BCUT2D eigenvalue weighted by Crippen LogP contribution is 2.37. The number of fused-ring (bicyclic) bond motifs is 1. The van der Waals surface area contributed by atoms with E-state index in [1.54, 1.807) is 0 Å². The summed E-state index contributed by atoms with van der Waals surface area (Å²) in [6.45, 7) is 6.39. The Morgan fingerprint density at radius 3 is 2.88 bits per heavy atom. The Kier molecular flexibility index (Phi) is 2.94. The van der Waals surface area contributed by atoms with Gasteiger partial charge in [-0.25, -0.2) is 0 Å². The molecule has 0 bridgehead atoms. The normalized spacial score (nSPS) is 19.0. The van der Waals surface area contributed by atoms with Crippen molar-refractivity contribution in [3.8, 4) is 5.75 Å². The lowest BCUT2D eigenvalue weighted by Crippen LogP contribution is -2.25. The van der Waals surface area contributed by atoms with Gasteiger partial charge in [0.2, 0.25) is 0 Å². The van der Waals surface area contributed by atoms with E-state index in [4.69, 9.17) is 10.5 Å². The Morgan fingerprint density at radius 2 is 2.19 bits per heavy atom. The van der Waals surface area contributed by atoms with Crippen molar-refractivity contribution < 1.29 is 4.74 Å². The van der Waals surface area contributed by atoms with E-state index < -0.39 is 0 Å². The van der Waals surface area contributed by atoms with Gasteiger partial charge in [0.05, 0.1) is 0 Å². The highest BCUT2D eigenvalue weighted by atomic mass is 16.5. The minimum atomic E-state index is -0.0608. The smallest absolute Gasteiger partial charge is 0.126 e. The van der Waals surface area contributed by atoms with Crippen LogP contribution in [-0.2, 0) is 12.8 Å². The van der Waals surface area contributed by atoms with Crippen molar-refractivity contribution in [2.45, 2.75) is 51.7 Å². The van der Waals surface area contributed by atoms with Crippen LogP contribution in [0.15, 0.2) is 18.2 Å². The van der Waals surface area contributed by atoms with Crippen LogP contribution >= 0.6 is 0 Å². The molecular formula is C14H21NO. The topological polar surface area (TPSA) is 35.2 Å². The lowest BCUT2D eigenvalue weighted by molar-refractivity contribution is 0.137. The Bertz CT molecular complexity index is 384. The molecular weight excluding hydrogens is 198 g/mol. The fourth-order valence-electron chi connectivity index (χ4n) is 2.27. The zero-order valence-electron chi connectivity index (χ0n) is 10.4. The quantitative estimate of drug-likeness (QED) is 0.848. The van der Waals surface area contributed by atoms with Crippen LogP contribution in [0.25, 0.3) is 0 Å². The maximum absolute atomic E-state index is 6.02. The summed E-state index contributed by atoms with van der Waals surface area (Å²) >= 11 is 0. The predicted molar refractivity (Wildman–Crippen MR) is 66.8 cm³/mol. The zero-order chi connectivity index (χ0) is 11.8. The second-order valence-electron chi connectivity index (χ2n) is 5.32. The molecule has 0 aromatic heterocycles. The van der Waals surface area contributed by atoms with Crippen LogP contribution in [0.4, 0.5) is 0 Å². The van der Waals surface area contributed by atoms with E-state index in [1.807, 2.05) is 0 Å². The molecule has 1 unspecified atom stereocenters. The lowest BCUT2D eigenvalue weighted by Gasteiger charge is -2.19. The monoisotopic (exact) mass is 219 g/mol. The molecule has 1 aliphatic rings. The standard InChI is InChI=1S/C14H21NO/c1-4-12(15)8-10-6-5-7-11-9-14(2,3)16-13(10)11/h5-7,12H,4,8-9,15H2,1-3H3. The molecule has 1 atom stereocenters. The molecule has 1 heterocycles. The van der Waals surface area contributed by atoms with Crippen molar-refractivity contribution in [1.82, 2.24) is 0 Å². The molecule has 0 amide bonds. The summed E-state index contributed by atoms with van der Waals surface area (Å²) in [6, 6.07) is 6.64. The molecule has 1 aliphatic heterocycles. The number of benzene rings is 1. The van der Waals surface area contributed by atoms with Crippen molar-refractivity contribution in [1.29, 1.82) is 0 Å². The Labute approximate surface area is 97.8 Å². The molecule has 2 rings (SSSR count). The van der Waals surface area contributed by atoms with Gasteiger partial charge in [-0.05, 0) is 37.8 Å². The van der Waals surface area contributed by atoms with Gasteiger partial charge in [-0.3, -0.25) is 0 Å². The van der Waals surface area contributed by atoms with Crippen LogP contribution in [0.2, 0.25) is 0 Å². The highest BCUT2D eigenvalue weighted by Gasteiger charge is 2.31. The predicted octanol–water partition coefficient (Wildman–Crippen LogP) is 2.68. The zero-order valence-corrected chi connectivity index (χ0v) is 10.4. The van der Waals surface area contributed by atoms with E-state index in [0.29, 0.717) is 0 Å². The summed E-state index contributed by atoms with van der Waals surface area (Å²) in [6.07, 6.45) is 2.92. The molecule has 0 saturated carbocycles. The molecule has 1 aromatic carbocycles. The van der Waals surface area contributed by atoms with E-state index in [1.165, 1.54) is 11.1 Å². The molecule has 2 heteroatoms. The van der Waals surface area contributed by atoms with Crippen molar-refractivity contribution in [2.75, 3.05) is 0 Å². The molecule has 16 heavy (non-hydrogen) atoms. The van der Waals surface area contributed by atoms with Gasteiger partial charge in [-0.15, -0.1) is 0 Å². The van der Waals surface area contributed by atoms with Gasteiger partial charge in [0.15, 0.2) is 0 Å². The van der Waals surface area contributed by atoms with Gasteiger partial charge < -0.3 is 10.5 Å². The average Bonchev–Trinajstić information content (AvgIpc) is 2.53. The summed E-state index contributed by atoms with van der Waals surface area (Å²) < 4.78 is 6.02. The third-order valence-corrected chi connectivity index (χ3v) is 3.18. The number of ether oxygens (including phenoxy) is 1. The van der Waals surface area contributed by atoms with Crippen LogP contribution < -0.4 is 10.5 Å². The molecule has 88 valence electrons. The van der Waals surface area contributed by atoms with Crippen molar-refractivity contribution in [2.24, 2.45) is 5.73 Å². The van der Waals surface area contributed by atoms with Gasteiger partial charge in [-0.1, -0.05) is 25.1 Å². The van der Waals surface area contributed by atoms with E-state index in [2.05, 4.69) is 39.0 Å². The van der Waals surface area contributed by atoms with Gasteiger partial charge in [0.1, 0.15) is 11.4 Å². The van der Waals surface area contributed by atoms with Crippen LogP contribution in [-0.4, -0.2) is 11.6 Å². The highest BCUT2D eigenvalue weighted by molar-refractivity contribution is 5.46. The fourth-order valence-corrected chi connectivity index (χ4v) is 2.27. The molecule has 0 fully saturated rings. The van der Waals surface area contributed by atoms with Crippen molar-refractivity contribution >= 4 is 0 Å². The Balaban J connectivity index is 2.26. The maximum atomic E-state index is 6.02. The lowest BCUT2D eigenvalue weighted by atomic mass is 9.98. The molecule has 0 radical (unpaired) electrons. The minimum absolute atomic E-state index is 0.0608. The first kappa shape index (κ1) is 11.5. The summed E-state index contributed by atoms with van der Waals surface area (Å²) in [5.41, 5.74) is 8.54. The van der Waals surface area contributed by atoms with Crippen LogP contribution in [0.3, 0.4) is 0 Å². The molecule has 0 spiro atoms. The molecule has 0 aliphatic carbocycles. The summed E-state index contributed by atoms with van der Waals surface area (Å²) in [5.74, 6) is 1.08. The first-order chi connectivity index (χ1) is 7.52. The van der Waals surface area contributed by atoms with Gasteiger partial charge in [0.25, 0.3) is 0 Å². The van der Waals surface area contributed by atoms with E-state index in [9.17, 15) is 0 Å². The number of nitrogens with two attached hydrogens (primary N) is 1. The van der Waals surface area contributed by atoms with Crippen LogP contribution in [0, 0.1) is 0 Å². The molecule has 0 saturated heterocycles. The maximum Gasteiger partial charge on any atom is 0.126 e. The van der Waals surface area contributed by atoms with Crippen molar-refractivity contribution in [3.05, 3.63) is 29.3 Å². The third-order valence-electron chi connectivity index (χ3n) is 3.18. The van der Waals surface area contributed by atoms with Gasteiger partial charge >= 0.3 is 0 Å². The Hall–Kier alpha value is -1.02. The molecule has 2 nitrogen and oxygen atoms in total. The number of rotatable bonds is 3. The number of hydrogen-bond donors (Lipinski definition) is 1. The summed E-state index contributed by atoms with van der Waals surface area (Å²) in [4.78, 5) is 0. The summed E-state index contributed by atoms with van der Waals surface area (Å²) in [7, 11) is 0. The third kappa shape index (κ3) is 2.22. The fraction of sp³-hybridized carbons (Fsp3) is 0.571. The SMILES string of the molecule is CCC(N)Cc1cccc2c1OC(C)(C)C2. The second-order valence-corrected chi connectivity index (χ2v) is 5.32. The average molecular weight is 219 g/mol. The number of para-hydroxylation sites is 1. The minimum Gasteiger partial charge on any atom is -0.487 e. The summed E-state index contributed by atoms with van der Waals surface area (Å²) in [5, 5.41) is 0. The molecule has 2 N–H and O–H groups in total. The first-order valence-electron chi connectivity index (χ1n) is 6.07. The Morgan fingerprint density at radius 1 is 1.44 bits per heavy atom. The largest absolute Gasteiger partial charge is 0.487 e. The number of hydrogen-bond acceptors (Lipinski definition) is 2. The van der Waals surface area contributed by atoms with Crippen LogP contribution in [0.1, 0.15) is 38.3 Å². The van der Waals surface area contributed by atoms with E-state index in [-0.39, 0.29) is 11.6 Å². The van der Waals surface area contributed by atoms with Gasteiger partial charge in [0, 0.05) is 12.5 Å².